The first kappa shape index (κ1) is 79.8. The van der Waals surface area contributed by atoms with Crippen molar-refractivity contribution in [3.63, 3.8) is 0 Å². The molecule has 0 bridgehead atoms. The number of esters is 4. The van der Waals surface area contributed by atoms with Gasteiger partial charge in [-0.3, -0.25) is 9.59 Å². The molecule has 4 aliphatic heterocycles. The molecule has 0 saturated carbocycles. The molecule has 0 spiro atoms. The summed E-state index contributed by atoms with van der Waals surface area (Å²) < 4.78 is 89.0. The molecule has 0 aromatic heterocycles. The van der Waals surface area contributed by atoms with Crippen molar-refractivity contribution in [1.82, 2.24) is 0 Å². The van der Waals surface area contributed by atoms with E-state index in [9.17, 15) is 41.9 Å². The number of aliphatic hydroxyl groups excluding tert-OH is 1. The van der Waals surface area contributed by atoms with E-state index in [2.05, 4.69) is 102 Å². The molecular weight excluding hydrogens is 950 g/mol. The number of carbonyl (C=O) groups excluding carboxylic acids is 6. The van der Waals surface area contributed by atoms with Crippen LogP contribution < -0.4 is 0 Å². The van der Waals surface area contributed by atoms with Crippen molar-refractivity contribution < 1.29 is 104 Å². The van der Waals surface area contributed by atoms with Gasteiger partial charge in [0.25, 0.3) is 0 Å². The fourth-order valence-electron chi connectivity index (χ4n) is 2.52. The van der Waals surface area contributed by atoms with Crippen LogP contribution in [0.3, 0.4) is 0 Å². The van der Waals surface area contributed by atoms with Crippen molar-refractivity contribution in [3.05, 3.63) is 87.3 Å². The minimum Gasteiger partial charge on any atom is -0.505 e. The second kappa shape index (κ2) is 49.6. The van der Waals surface area contributed by atoms with Crippen LogP contribution in [-0.2, 0) is 85.6 Å². The number of allylic oxidation sites excluding steroid dienone is 1. The molecular formula is C49H83F3O19. The van der Waals surface area contributed by atoms with Gasteiger partial charge in [0.05, 0.1) is 118 Å². The lowest BCUT2D eigenvalue weighted by molar-refractivity contribution is -0.148. The minimum absolute atomic E-state index is 0.0104. The third-order valence-corrected chi connectivity index (χ3v) is 7.19. The molecule has 0 amide bonds. The molecule has 4 atom stereocenters. The zero-order valence-electron chi connectivity index (χ0n) is 44.6. The number of rotatable bonds is 15. The summed E-state index contributed by atoms with van der Waals surface area (Å²) in [6.45, 7) is 40.0. The highest BCUT2D eigenvalue weighted by atomic mass is 19.4. The molecule has 4 saturated heterocycles. The highest BCUT2D eigenvalue weighted by Crippen LogP contribution is 2.34. The summed E-state index contributed by atoms with van der Waals surface area (Å²) in [6.07, 6.45) is 2.16. The number of carbonyl (C=O) groups is 6. The van der Waals surface area contributed by atoms with Crippen molar-refractivity contribution >= 4 is 35.4 Å². The lowest BCUT2D eigenvalue weighted by Gasteiger charge is -2.05. The molecule has 4 aliphatic rings. The van der Waals surface area contributed by atoms with Gasteiger partial charge in [-0.05, 0) is 54.5 Å². The molecule has 4 rings (SSSR count). The monoisotopic (exact) mass is 1030 g/mol. The average molecular weight is 1030 g/mol. The first-order valence-corrected chi connectivity index (χ1v) is 20.9. The Bertz CT molecular complexity index is 1530. The molecule has 1 N–H and O–H groups in total. The number of halogens is 3. The van der Waals surface area contributed by atoms with Crippen LogP contribution in [0.5, 0.6) is 0 Å². The van der Waals surface area contributed by atoms with Crippen molar-refractivity contribution in [2.45, 2.75) is 90.6 Å². The first-order chi connectivity index (χ1) is 32.8. The van der Waals surface area contributed by atoms with E-state index in [1.165, 1.54) is 34.5 Å². The maximum absolute atomic E-state index is 11.5. The average Bonchev–Trinajstić information content (AvgIpc) is 4.17. The zero-order chi connectivity index (χ0) is 57.4. The largest absolute Gasteiger partial charge is 0.505 e. The van der Waals surface area contributed by atoms with E-state index in [4.69, 9.17) is 33.5 Å². The van der Waals surface area contributed by atoms with Gasteiger partial charge in [0.2, 0.25) is 0 Å². The highest BCUT2D eigenvalue weighted by Gasteiger charge is 2.43. The van der Waals surface area contributed by atoms with Gasteiger partial charge in [-0.1, -0.05) is 45.5 Å². The summed E-state index contributed by atoms with van der Waals surface area (Å²) in [7, 11) is 11.3. The Balaban J connectivity index is -0.000000128. The van der Waals surface area contributed by atoms with E-state index in [0.29, 0.717) is 30.5 Å². The van der Waals surface area contributed by atoms with Gasteiger partial charge in [0.1, 0.15) is 23.1 Å². The van der Waals surface area contributed by atoms with Crippen molar-refractivity contribution in [2.75, 3.05) is 103 Å². The van der Waals surface area contributed by atoms with Crippen molar-refractivity contribution in [1.29, 1.82) is 0 Å². The van der Waals surface area contributed by atoms with Crippen LogP contribution in [0.4, 0.5) is 13.2 Å². The zero-order valence-corrected chi connectivity index (χ0v) is 44.6. The Morgan fingerprint density at radius 2 is 1.15 bits per heavy atom. The Morgan fingerprint density at radius 1 is 0.732 bits per heavy atom. The van der Waals surface area contributed by atoms with Crippen LogP contribution in [0.15, 0.2) is 87.3 Å². The van der Waals surface area contributed by atoms with Gasteiger partial charge in [-0.25, -0.2) is 19.2 Å². The van der Waals surface area contributed by atoms with E-state index in [0.717, 1.165) is 52.3 Å². The number of ether oxygens (including phenoxy) is 12. The molecule has 0 aromatic rings. The maximum Gasteiger partial charge on any atom is 0.422 e. The Labute approximate surface area is 419 Å². The fraction of sp³-hybridized carbons (Fsp3) is 0.592. The molecule has 0 aromatic carbocycles. The predicted octanol–water partition coefficient (Wildman–Crippen LogP) is 6.42. The number of ketones is 2. The molecule has 4 fully saturated rings. The van der Waals surface area contributed by atoms with E-state index in [1.807, 2.05) is 6.92 Å². The molecule has 22 heteroatoms. The summed E-state index contributed by atoms with van der Waals surface area (Å²) in [4.78, 5) is 60.8. The van der Waals surface area contributed by atoms with Crippen LogP contribution in [0.25, 0.3) is 0 Å². The van der Waals surface area contributed by atoms with Crippen molar-refractivity contribution in [2.24, 2.45) is 0 Å². The van der Waals surface area contributed by atoms with Gasteiger partial charge < -0.3 is 61.9 Å². The number of aliphatic hydroxyl groups is 1. The van der Waals surface area contributed by atoms with E-state index in [-0.39, 0.29) is 47.3 Å². The maximum atomic E-state index is 11.5. The number of epoxide rings is 4. The molecule has 19 nitrogen and oxygen atoms in total. The summed E-state index contributed by atoms with van der Waals surface area (Å²) >= 11 is 0. The van der Waals surface area contributed by atoms with Crippen LogP contribution in [0, 0.1) is 0 Å². The van der Waals surface area contributed by atoms with Gasteiger partial charge in [-0.2, -0.15) is 13.2 Å². The molecule has 0 radical (unpaired) electrons. The molecule has 414 valence electrons. The Morgan fingerprint density at radius 3 is 1.23 bits per heavy atom. The standard InChI is InChI=1S/C6H8O2.C5H5F3O2.C5H8O3.C5H10O2.C5H8O2.C5H10O.C4H8O2.C4H6O2.C4H8O.2C3H6O/c1-3-6(8)4-5(2)7;1-3(4(9)10-2)5(6,7)8;1-4(3-6)5(7)8-2;1-5(3-6-2)4-7-5;1-4(2)5(6)7-3;1-4-5(2,3)6-4;1-5-2-4-3-6-4;1-3-4(5)6-2;1-3-4-5-2;1-3-2-4-3;1-3-4-2/h3H,1,4H2,2H3;1H2,2H3;6H,1,3H2,2H3;3-4H2,1-2H3;1H2,2-3H3;4H,1-3H3;4H,2-3H2,1H3;3H,1H2,2H3;3H,1,4H2,2H3;3H,2H2,1H3;3H,1H2,2H3. The van der Waals surface area contributed by atoms with Gasteiger partial charge in [0, 0.05) is 33.0 Å². The SMILES string of the molecule is C=C(C(=O)OC)C(F)(F)F.C=C(C)C(=O)OC.C=C(CO)C(=O)OC.C=CC(=O)CC(C)=O.C=CC(=O)OC.C=CCOC.C=COC.CC1CO1.CC1OC1(C)C.COCC1(C)CO1.COCC1CO1. The first-order valence-electron chi connectivity index (χ1n) is 20.9. The van der Waals surface area contributed by atoms with Gasteiger partial charge >= 0.3 is 30.1 Å². The number of Topliss-reactive ketones (excluding diaryl/α,β-unsaturated/α-hetero) is 1. The Hall–Kier alpha value is -5.33. The summed E-state index contributed by atoms with van der Waals surface area (Å²) in [5.74, 6) is -3.08. The van der Waals surface area contributed by atoms with E-state index < -0.39 is 29.7 Å². The highest BCUT2D eigenvalue weighted by molar-refractivity contribution is 6.03. The third-order valence-electron chi connectivity index (χ3n) is 7.19. The van der Waals surface area contributed by atoms with Crippen molar-refractivity contribution in [3.8, 4) is 0 Å². The van der Waals surface area contributed by atoms with Crippen LogP contribution in [0.1, 0.15) is 54.9 Å². The predicted molar refractivity (Wildman–Crippen MR) is 262 cm³/mol. The van der Waals surface area contributed by atoms with E-state index in [1.54, 1.807) is 41.4 Å². The second-order valence-corrected chi connectivity index (χ2v) is 14.5. The molecule has 4 heterocycles. The number of hydrogen-bond acceptors (Lipinski definition) is 19. The summed E-state index contributed by atoms with van der Waals surface area (Å²) in [5, 5.41) is 8.24. The van der Waals surface area contributed by atoms with Gasteiger partial charge in [0.15, 0.2) is 5.78 Å². The molecule has 0 aliphatic carbocycles. The molecule has 71 heavy (non-hydrogen) atoms. The topological polar surface area (TPSA) is 247 Å². The number of methoxy groups -OCH3 is 8. The third kappa shape index (κ3) is 69.0. The minimum atomic E-state index is -4.69. The number of hydrogen-bond donors (Lipinski definition) is 1. The lowest BCUT2D eigenvalue weighted by atomic mass is 10.2. The van der Waals surface area contributed by atoms with E-state index >= 15 is 0 Å². The fourth-order valence-corrected chi connectivity index (χ4v) is 2.52. The second-order valence-electron chi connectivity index (χ2n) is 14.5. The lowest BCUT2D eigenvalue weighted by Crippen LogP contribution is -2.19. The number of alkyl halides is 3. The van der Waals surface area contributed by atoms with Crippen LogP contribution in [0.2, 0.25) is 0 Å². The quantitative estimate of drug-likeness (QED) is 0.0353. The van der Waals surface area contributed by atoms with Crippen LogP contribution in [-0.4, -0.2) is 179 Å². The summed E-state index contributed by atoms with van der Waals surface area (Å²) in [5.41, 5.74) is -0.695. The smallest absolute Gasteiger partial charge is 0.422 e. The Kier molecular flexibility index (Phi) is 55.8. The molecule has 4 unspecified atom stereocenters. The van der Waals surface area contributed by atoms with Crippen LogP contribution >= 0.6 is 0 Å². The van der Waals surface area contributed by atoms with Gasteiger partial charge in [-0.15, -0.1) is 6.58 Å². The normalized spacial score (nSPS) is 17.5. The summed E-state index contributed by atoms with van der Waals surface area (Å²) in [6, 6.07) is 0.